The molecule has 1 unspecified atom stereocenters. The number of hydrogen-bond acceptors (Lipinski definition) is 3. The second-order valence-electron chi connectivity index (χ2n) is 3.13. The van der Waals surface area contributed by atoms with E-state index >= 15 is 0 Å². The van der Waals surface area contributed by atoms with Crippen LogP contribution in [0.25, 0.3) is 0 Å². The van der Waals surface area contributed by atoms with Gasteiger partial charge in [0, 0.05) is 5.02 Å². The SMILES string of the molecule is COC(=O)C(C)c1cc(OC)ccc1Cl. The van der Waals surface area contributed by atoms with Crippen LogP contribution in [-0.4, -0.2) is 20.2 Å². The van der Waals surface area contributed by atoms with Crippen molar-refractivity contribution in [2.45, 2.75) is 12.8 Å². The van der Waals surface area contributed by atoms with Gasteiger partial charge in [0.25, 0.3) is 0 Å². The summed E-state index contributed by atoms with van der Waals surface area (Å²) in [6, 6.07) is 5.19. The summed E-state index contributed by atoms with van der Waals surface area (Å²) in [5, 5.41) is 0.536. The van der Waals surface area contributed by atoms with E-state index in [-0.39, 0.29) is 5.97 Å². The van der Waals surface area contributed by atoms with Crippen LogP contribution in [-0.2, 0) is 9.53 Å². The monoisotopic (exact) mass is 228 g/mol. The molecule has 0 bridgehead atoms. The quantitative estimate of drug-likeness (QED) is 0.746. The minimum Gasteiger partial charge on any atom is -0.497 e. The molecule has 3 nitrogen and oxygen atoms in total. The van der Waals surface area contributed by atoms with Crippen LogP contribution in [0, 0.1) is 0 Å². The molecule has 0 aliphatic rings. The lowest BCUT2D eigenvalue weighted by Gasteiger charge is -2.12. The molecule has 1 atom stereocenters. The maximum absolute atomic E-state index is 11.3. The average Bonchev–Trinajstić information content (AvgIpc) is 2.27. The summed E-state index contributed by atoms with van der Waals surface area (Å²) in [6.45, 7) is 1.74. The first-order valence-corrected chi connectivity index (χ1v) is 4.89. The predicted molar refractivity (Wildman–Crippen MR) is 58.4 cm³/mol. The number of methoxy groups -OCH3 is 2. The molecule has 1 rings (SSSR count). The zero-order valence-electron chi connectivity index (χ0n) is 8.91. The van der Waals surface area contributed by atoms with Gasteiger partial charge in [-0.2, -0.15) is 0 Å². The van der Waals surface area contributed by atoms with Gasteiger partial charge < -0.3 is 9.47 Å². The van der Waals surface area contributed by atoms with Gasteiger partial charge in [-0.1, -0.05) is 11.6 Å². The lowest BCUT2D eigenvalue weighted by molar-refractivity contribution is -0.141. The highest BCUT2D eigenvalue weighted by Crippen LogP contribution is 2.29. The Labute approximate surface area is 93.9 Å². The lowest BCUT2D eigenvalue weighted by Crippen LogP contribution is -2.11. The van der Waals surface area contributed by atoms with Crippen molar-refractivity contribution in [2.24, 2.45) is 0 Å². The van der Waals surface area contributed by atoms with Crippen molar-refractivity contribution in [3.63, 3.8) is 0 Å². The second kappa shape index (κ2) is 5.03. The molecule has 15 heavy (non-hydrogen) atoms. The van der Waals surface area contributed by atoms with Gasteiger partial charge in [0.05, 0.1) is 20.1 Å². The number of ether oxygens (including phenoxy) is 2. The molecule has 0 heterocycles. The Morgan fingerprint density at radius 1 is 1.40 bits per heavy atom. The number of esters is 1. The Bertz CT molecular complexity index is 363. The molecule has 82 valence electrons. The molecule has 0 fully saturated rings. The zero-order chi connectivity index (χ0) is 11.4. The fraction of sp³-hybridized carbons (Fsp3) is 0.364. The molecule has 0 saturated heterocycles. The van der Waals surface area contributed by atoms with Crippen molar-refractivity contribution in [1.82, 2.24) is 0 Å². The molecule has 1 aromatic rings. The smallest absolute Gasteiger partial charge is 0.312 e. The highest BCUT2D eigenvalue weighted by molar-refractivity contribution is 6.31. The molecule has 0 saturated carbocycles. The number of carbonyl (C=O) groups is 1. The third-order valence-corrected chi connectivity index (χ3v) is 2.57. The van der Waals surface area contributed by atoms with Gasteiger partial charge in [0.2, 0.25) is 0 Å². The van der Waals surface area contributed by atoms with Crippen LogP contribution >= 0.6 is 11.6 Å². The summed E-state index contributed by atoms with van der Waals surface area (Å²) in [5.74, 6) is -0.0343. The zero-order valence-corrected chi connectivity index (χ0v) is 9.67. The lowest BCUT2D eigenvalue weighted by atomic mass is 10.0. The summed E-state index contributed by atoms with van der Waals surface area (Å²) in [7, 11) is 2.92. The van der Waals surface area contributed by atoms with Gasteiger partial charge in [-0.15, -0.1) is 0 Å². The van der Waals surface area contributed by atoms with Gasteiger partial charge in [-0.05, 0) is 30.7 Å². The third kappa shape index (κ3) is 2.63. The molecule has 0 aliphatic heterocycles. The Morgan fingerprint density at radius 2 is 2.07 bits per heavy atom. The highest BCUT2D eigenvalue weighted by Gasteiger charge is 2.18. The summed E-state index contributed by atoms with van der Waals surface area (Å²) >= 11 is 5.99. The Morgan fingerprint density at radius 3 is 2.60 bits per heavy atom. The number of hydrogen-bond donors (Lipinski definition) is 0. The van der Waals surface area contributed by atoms with Gasteiger partial charge >= 0.3 is 5.97 Å². The minimum atomic E-state index is -0.391. The van der Waals surface area contributed by atoms with E-state index in [1.54, 1.807) is 32.2 Å². The number of carbonyl (C=O) groups excluding carboxylic acids is 1. The first kappa shape index (κ1) is 11.9. The molecule has 4 heteroatoms. The summed E-state index contributed by atoms with van der Waals surface area (Å²) in [5.41, 5.74) is 0.711. The van der Waals surface area contributed by atoms with Crippen molar-refractivity contribution in [3.05, 3.63) is 28.8 Å². The van der Waals surface area contributed by atoms with E-state index in [0.717, 1.165) is 0 Å². The van der Waals surface area contributed by atoms with E-state index in [9.17, 15) is 4.79 Å². The van der Waals surface area contributed by atoms with E-state index in [0.29, 0.717) is 16.3 Å². The second-order valence-corrected chi connectivity index (χ2v) is 3.54. The molecule has 1 aromatic carbocycles. The van der Waals surface area contributed by atoms with Crippen LogP contribution in [0.4, 0.5) is 0 Å². The number of halogens is 1. The Kier molecular flexibility index (Phi) is 3.97. The van der Waals surface area contributed by atoms with Gasteiger partial charge in [0.15, 0.2) is 0 Å². The van der Waals surface area contributed by atoms with E-state index in [2.05, 4.69) is 4.74 Å². The molecule has 0 amide bonds. The molecule has 0 N–H and O–H groups in total. The van der Waals surface area contributed by atoms with Crippen LogP contribution in [0.2, 0.25) is 5.02 Å². The van der Waals surface area contributed by atoms with Crippen LogP contribution in [0.5, 0.6) is 5.75 Å². The topological polar surface area (TPSA) is 35.5 Å². The third-order valence-electron chi connectivity index (χ3n) is 2.22. The molecule has 0 spiro atoms. The van der Waals surface area contributed by atoms with Crippen molar-refractivity contribution in [1.29, 1.82) is 0 Å². The van der Waals surface area contributed by atoms with Gasteiger partial charge in [0.1, 0.15) is 5.75 Å². The fourth-order valence-electron chi connectivity index (χ4n) is 1.28. The van der Waals surface area contributed by atoms with Crippen LogP contribution in [0.15, 0.2) is 18.2 Å². The van der Waals surface area contributed by atoms with E-state index in [4.69, 9.17) is 16.3 Å². The molecule has 0 radical (unpaired) electrons. The maximum Gasteiger partial charge on any atom is 0.312 e. The Hall–Kier alpha value is -1.22. The van der Waals surface area contributed by atoms with E-state index < -0.39 is 5.92 Å². The van der Waals surface area contributed by atoms with Crippen molar-refractivity contribution < 1.29 is 14.3 Å². The van der Waals surface area contributed by atoms with E-state index in [1.807, 2.05) is 0 Å². The van der Waals surface area contributed by atoms with Gasteiger partial charge in [-0.3, -0.25) is 4.79 Å². The van der Waals surface area contributed by atoms with Crippen molar-refractivity contribution in [2.75, 3.05) is 14.2 Å². The summed E-state index contributed by atoms with van der Waals surface area (Å²) in [6.07, 6.45) is 0. The first-order valence-electron chi connectivity index (χ1n) is 4.51. The largest absolute Gasteiger partial charge is 0.497 e. The van der Waals surface area contributed by atoms with Crippen molar-refractivity contribution in [3.8, 4) is 5.75 Å². The highest BCUT2D eigenvalue weighted by atomic mass is 35.5. The first-order chi connectivity index (χ1) is 7.10. The number of rotatable bonds is 3. The fourth-order valence-corrected chi connectivity index (χ4v) is 1.57. The predicted octanol–water partition coefficient (Wildman–Crippen LogP) is 2.63. The van der Waals surface area contributed by atoms with E-state index in [1.165, 1.54) is 7.11 Å². The molecular weight excluding hydrogens is 216 g/mol. The standard InChI is InChI=1S/C11H13ClO3/c1-7(11(13)15-3)9-6-8(14-2)4-5-10(9)12/h4-7H,1-3H3. The maximum atomic E-state index is 11.3. The van der Waals surface area contributed by atoms with Crippen LogP contribution in [0.3, 0.4) is 0 Å². The molecule has 0 aromatic heterocycles. The number of benzene rings is 1. The normalized spacial score (nSPS) is 12.0. The van der Waals surface area contributed by atoms with Gasteiger partial charge in [-0.25, -0.2) is 0 Å². The molecular formula is C11H13ClO3. The van der Waals surface area contributed by atoms with Crippen LogP contribution < -0.4 is 4.74 Å². The molecule has 0 aliphatic carbocycles. The minimum absolute atomic E-state index is 0.315. The Balaban J connectivity index is 3.06. The average molecular weight is 229 g/mol. The van der Waals surface area contributed by atoms with Crippen LogP contribution in [0.1, 0.15) is 18.4 Å². The summed E-state index contributed by atoms with van der Waals surface area (Å²) < 4.78 is 9.72. The summed E-state index contributed by atoms with van der Waals surface area (Å²) in [4.78, 5) is 11.3. The van der Waals surface area contributed by atoms with Crippen molar-refractivity contribution >= 4 is 17.6 Å².